The SMILES string of the molecule is CCN(CC)c1ccc(N2C(=NC(C)=O)S[C@@H]3CS(=O)(=O)C[C@H]32)cc1. The molecule has 0 N–H and O–H groups in total. The van der Waals surface area contributed by atoms with E-state index in [0.29, 0.717) is 5.17 Å². The van der Waals surface area contributed by atoms with Gasteiger partial charge in [0.05, 0.1) is 17.5 Å². The van der Waals surface area contributed by atoms with Gasteiger partial charge in [-0.3, -0.25) is 4.79 Å². The molecule has 0 aromatic heterocycles. The molecule has 1 aromatic carbocycles. The van der Waals surface area contributed by atoms with Gasteiger partial charge in [0.25, 0.3) is 0 Å². The van der Waals surface area contributed by atoms with Gasteiger partial charge < -0.3 is 9.80 Å². The number of nitrogens with zero attached hydrogens (tertiary/aromatic N) is 3. The standard InChI is InChI=1S/C17H23N3O3S2/c1-4-19(5-2)13-6-8-14(9-7-13)20-15-10-25(22,23)11-16(15)24-17(20)18-12(3)21/h6-9,15-16H,4-5,10-11H2,1-3H3/t15-,16-/m1/s1. The minimum atomic E-state index is -3.04. The van der Waals surface area contributed by atoms with Crippen LogP contribution >= 0.6 is 11.8 Å². The monoisotopic (exact) mass is 381 g/mol. The lowest BCUT2D eigenvalue weighted by Gasteiger charge is -2.26. The summed E-state index contributed by atoms with van der Waals surface area (Å²) in [5, 5.41) is 0.540. The van der Waals surface area contributed by atoms with Crippen LogP contribution in [0.4, 0.5) is 11.4 Å². The third-order valence-electron chi connectivity index (χ3n) is 4.58. The van der Waals surface area contributed by atoms with Crippen molar-refractivity contribution in [1.29, 1.82) is 0 Å². The fraction of sp³-hybridized carbons (Fsp3) is 0.529. The Balaban J connectivity index is 1.95. The number of aliphatic imine (C=N–C) groups is 1. The second-order valence-corrected chi connectivity index (χ2v) is 9.63. The zero-order valence-corrected chi connectivity index (χ0v) is 16.3. The number of amidine groups is 1. The second kappa shape index (κ2) is 6.99. The lowest BCUT2D eigenvalue weighted by Crippen LogP contribution is -2.37. The molecule has 0 spiro atoms. The molecule has 6 nitrogen and oxygen atoms in total. The van der Waals surface area contributed by atoms with Crippen molar-refractivity contribution in [2.24, 2.45) is 4.99 Å². The van der Waals surface area contributed by atoms with E-state index in [1.54, 1.807) is 0 Å². The van der Waals surface area contributed by atoms with Crippen molar-refractivity contribution in [1.82, 2.24) is 0 Å². The van der Waals surface area contributed by atoms with Crippen LogP contribution < -0.4 is 9.80 Å². The molecule has 0 saturated carbocycles. The van der Waals surface area contributed by atoms with Gasteiger partial charge in [0.15, 0.2) is 15.0 Å². The van der Waals surface area contributed by atoms with Crippen LogP contribution in [-0.4, -0.2) is 55.4 Å². The third kappa shape index (κ3) is 3.69. The molecular formula is C17H23N3O3S2. The highest BCUT2D eigenvalue weighted by Crippen LogP contribution is 2.41. The van der Waals surface area contributed by atoms with E-state index in [1.165, 1.54) is 18.7 Å². The van der Waals surface area contributed by atoms with Crippen molar-refractivity contribution >= 4 is 44.0 Å². The van der Waals surface area contributed by atoms with Gasteiger partial charge in [-0.15, -0.1) is 0 Å². The van der Waals surface area contributed by atoms with Gasteiger partial charge >= 0.3 is 0 Å². The van der Waals surface area contributed by atoms with Crippen molar-refractivity contribution in [2.75, 3.05) is 34.4 Å². The maximum absolute atomic E-state index is 12.0. The molecule has 0 bridgehead atoms. The van der Waals surface area contributed by atoms with Crippen LogP contribution in [0.1, 0.15) is 20.8 Å². The number of anilines is 2. The van der Waals surface area contributed by atoms with Crippen LogP contribution in [0.25, 0.3) is 0 Å². The summed E-state index contributed by atoms with van der Waals surface area (Å²) in [6, 6.07) is 7.88. The molecule has 2 atom stereocenters. The van der Waals surface area contributed by atoms with E-state index in [0.717, 1.165) is 24.5 Å². The number of hydrogen-bond donors (Lipinski definition) is 0. The largest absolute Gasteiger partial charge is 0.372 e. The molecule has 25 heavy (non-hydrogen) atoms. The topological polar surface area (TPSA) is 70.0 Å². The maximum atomic E-state index is 12.0. The lowest BCUT2D eigenvalue weighted by atomic mass is 10.2. The zero-order chi connectivity index (χ0) is 18.2. The molecule has 2 heterocycles. The minimum absolute atomic E-state index is 0.0643. The molecule has 0 unspecified atom stereocenters. The highest BCUT2D eigenvalue weighted by Gasteiger charge is 2.49. The van der Waals surface area contributed by atoms with Crippen LogP contribution in [0.3, 0.4) is 0 Å². The Bertz CT molecular complexity index is 786. The van der Waals surface area contributed by atoms with Gasteiger partial charge in [0, 0.05) is 36.6 Å². The van der Waals surface area contributed by atoms with E-state index >= 15 is 0 Å². The van der Waals surface area contributed by atoms with Crippen LogP contribution in [0.2, 0.25) is 0 Å². The first-order valence-electron chi connectivity index (χ1n) is 8.45. The van der Waals surface area contributed by atoms with Gasteiger partial charge in [0.1, 0.15) is 0 Å². The Morgan fingerprint density at radius 1 is 1.24 bits per heavy atom. The van der Waals surface area contributed by atoms with E-state index in [2.05, 4.69) is 23.7 Å². The van der Waals surface area contributed by atoms with Crippen LogP contribution in [0.15, 0.2) is 29.3 Å². The molecular weight excluding hydrogens is 358 g/mol. The van der Waals surface area contributed by atoms with Crippen molar-refractivity contribution < 1.29 is 13.2 Å². The summed E-state index contributed by atoms with van der Waals surface area (Å²) in [6.45, 7) is 7.49. The number of rotatable bonds is 4. The molecule has 2 aliphatic heterocycles. The fourth-order valence-electron chi connectivity index (χ4n) is 3.41. The molecule has 0 aliphatic carbocycles. The molecule has 2 fully saturated rings. The first-order chi connectivity index (χ1) is 11.8. The van der Waals surface area contributed by atoms with Gasteiger partial charge in [-0.2, -0.15) is 4.99 Å². The van der Waals surface area contributed by atoms with E-state index in [9.17, 15) is 13.2 Å². The summed E-state index contributed by atoms with van der Waals surface area (Å²) in [6.07, 6.45) is 0. The maximum Gasteiger partial charge on any atom is 0.244 e. The molecule has 8 heteroatoms. The number of carbonyl (C=O) groups is 1. The number of thioether (sulfide) groups is 1. The fourth-order valence-corrected chi connectivity index (χ4v) is 7.37. The highest BCUT2D eigenvalue weighted by atomic mass is 32.2. The number of carbonyl (C=O) groups excluding carboxylic acids is 1. The first-order valence-corrected chi connectivity index (χ1v) is 11.1. The Morgan fingerprint density at radius 2 is 1.88 bits per heavy atom. The van der Waals surface area contributed by atoms with E-state index in [-0.39, 0.29) is 28.7 Å². The number of fused-ring (bicyclic) bond motifs is 1. The normalized spacial score (nSPS) is 26.0. The zero-order valence-electron chi connectivity index (χ0n) is 14.7. The number of hydrogen-bond acceptors (Lipinski definition) is 5. The van der Waals surface area contributed by atoms with Crippen molar-refractivity contribution in [3.05, 3.63) is 24.3 Å². The predicted molar refractivity (Wildman–Crippen MR) is 104 cm³/mol. The van der Waals surface area contributed by atoms with Crippen LogP contribution in [-0.2, 0) is 14.6 Å². The summed E-state index contributed by atoms with van der Waals surface area (Å²) in [5.74, 6) is -0.0118. The Labute approximate surface area is 153 Å². The molecule has 3 rings (SSSR count). The number of sulfone groups is 1. The quantitative estimate of drug-likeness (QED) is 0.796. The summed E-state index contributed by atoms with van der Waals surface area (Å²) < 4.78 is 24.0. The Hall–Kier alpha value is -1.54. The van der Waals surface area contributed by atoms with E-state index < -0.39 is 9.84 Å². The highest BCUT2D eigenvalue weighted by molar-refractivity contribution is 8.16. The molecule has 2 aliphatic rings. The molecule has 1 amide bonds. The summed E-state index contributed by atoms with van der Waals surface area (Å²) in [4.78, 5) is 19.8. The van der Waals surface area contributed by atoms with Crippen molar-refractivity contribution in [2.45, 2.75) is 32.1 Å². The van der Waals surface area contributed by atoms with Gasteiger partial charge in [-0.05, 0) is 38.1 Å². The molecule has 2 saturated heterocycles. The molecule has 1 aromatic rings. The average Bonchev–Trinajstić information content (AvgIpc) is 2.99. The second-order valence-electron chi connectivity index (χ2n) is 6.27. The number of benzene rings is 1. The predicted octanol–water partition coefficient (Wildman–Crippen LogP) is 2.15. The Morgan fingerprint density at radius 3 is 2.44 bits per heavy atom. The van der Waals surface area contributed by atoms with Crippen molar-refractivity contribution in [3.8, 4) is 0 Å². The smallest absolute Gasteiger partial charge is 0.244 e. The van der Waals surface area contributed by atoms with Crippen LogP contribution in [0, 0.1) is 0 Å². The summed E-state index contributed by atoms with van der Waals surface area (Å²) in [7, 11) is -3.04. The van der Waals surface area contributed by atoms with Gasteiger partial charge in [-0.25, -0.2) is 8.42 Å². The number of amides is 1. The van der Waals surface area contributed by atoms with E-state index in [4.69, 9.17) is 0 Å². The first kappa shape index (κ1) is 18.3. The van der Waals surface area contributed by atoms with E-state index in [1.807, 2.05) is 29.2 Å². The van der Waals surface area contributed by atoms with Crippen LogP contribution in [0.5, 0.6) is 0 Å². The third-order valence-corrected chi connectivity index (χ3v) is 7.79. The summed E-state index contributed by atoms with van der Waals surface area (Å²) >= 11 is 1.40. The average molecular weight is 382 g/mol. The van der Waals surface area contributed by atoms with Gasteiger partial charge in [-0.1, -0.05) is 11.8 Å². The minimum Gasteiger partial charge on any atom is -0.372 e. The Kier molecular flexibility index (Phi) is 5.11. The molecule has 0 radical (unpaired) electrons. The van der Waals surface area contributed by atoms with Gasteiger partial charge in [0.2, 0.25) is 5.91 Å². The van der Waals surface area contributed by atoms with Crippen molar-refractivity contribution in [3.63, 3.8) is 0 Å². The molecule has 136 valence electrons. The lowest BCUT2D eigenvalue weighted by molar-refractivity contribution is -0.115. The summed E-state index contributed by atoms with van der Waals surface area (Å²) in [5.41, 5.74) is 2.01.